The standard InChI is InChI=1S/C27H35N5O4/c1-17-8-7-9-21(28-17)24(33)29-23-14-18-16-32(30-22(18)15-20(23)27(5,6)35)19-10-12-31(13-11-19)25(34)36-26(2,3)4/h7-9,14-16,19,35H,10-13H2,1-6H3,(H,29,33). The van der Waals surface area contributed by atoms with E-state index in [1.54, 1.807) is 30.9 Å². The molecule has 1 fully saturated rings. The van der Waals surface area contributed by atoms with E-state index in [0.717, 1.165) is 29.4 Å². The van der Waals surface area contributed by atoms with Crippen molar-refractivity contribution in [1.82, 2.24) is 19.7 Å². The second kappa shape index (κ2) is 9.54. The topological polar surface area (TPSA) is 110 Å². The molecule has 3 heterocycles. The van der Waals surface area contributed by atoms with Crippen molar-refractivity contribution in [1.29, 1.82) is 0 Å². The van der Waals surface area contributed by atoms with Gasteiger partial charge in [-0.2, -0.15) is 5.10 Å². The molecule has 36 heavy (non-hydrogen) atoms. The lowest BCUT2D eigenvalue weighted by Crippen LogP contribution is -2.42. The van der Waals surface area contributed by atoms with Gasteiger partial charge < -0.3 is 20.1 Å². The van der Waals surface area contributed by atoms with Crippen molar-refractivity contribution >= 4 is 28.6 Å². The molecular weight excluding hydrogens is 458 g/mol. The Labute approximate surface area is 211 Å². The highest BCUT2D eigenvalue weighted by molar-refractivity contribution is 6.04. The quantitative estimate of drug-likeness (QED) is 0.541. The van der Waals surface area contributed by atoms with E-state index < -0.39 is 11.2 Å². The first-order chi connectivity index (χ1) is 16.8. The molecule has 192 valence electrons. The summed E-state index contributed by atoms with van der Waals surface area (Å²) in [5, 5.41) is 19.4. The number of ether oxygens (including phenoxy) is 1. The molecule has 1 aromatic carbocycles. The minimum Gasteiger partial charge on any atom is -0.444 e. The van der Waals surface area contributed by atoms with Gasteiger partial charge in [0.1, 0.15) is 11.3 Å². The SMILES string of the molecule is Cc1cccc(C(=O)Nc2cc3cn(C4CCN(C(=O)OC(C)(C)C)CC4)nc3cc2C(C)(C)O)n1. The maximum absolute atomic E-state index is 12.9. The second-order valence-corrected chi connectivity index (χ2v) is 10.9. The molecule has 0 saturated carbocycles. The minimum atomic E-state index is -1.20. The summed E-state index contributed by atoms with van der Waals surface area (Å²) in [4.78, 5) is 31.3. The van der Waals surface area contributed by atoms with Gasteiger partial charge >= 0.3 is 6.09 Å². The third kappa shape index (κ3) is 5.84. The number of aliphatic hydroxyl groups is 1. The van der Waals surface area contributed by atoms with Crippen LogP contribution in [0.2, 0.25) is 0 Å². The molecule has 0 aliphatic carbocycles. The summed E-state index contributed by atoms with van der Waals surface area (Å²) in [5.41, 5.74) is 1.16. The number of nitrogens with one attached hydrogen (secondary N) is 1. The Bertz CT molecular complexity index is 1280. The molecule has 0 atom stereocenters. The number of amides is 2. The molecule has 2 N–H and O–H groups in total. The largest absolute Gasteiger partial charge is 0.444 e. The number of benzene rings is 1. The first kappa shape index (κ1) is 25.6. The summed E-state index contributed by atoms with van der Waals surface area (Å²) < 4.78 is 7.43. The molecule has 9 heteroatoms. The van der Waals surface area contributed by atoms with Gasteiger partial charge in [-0.15, -0.1) is 0 Å². The van der Waals surface area contributed by atoms with E-state index in [-0.39, 0.29) is 18.0 Å². The van der Waals surface area contributed by atoms with Crippen molar-refractivity contribution in [2.45, 2.75) is 71.6 Å². The van der Waals surface area contributed by atoms with E-state index in [9.17, 15) is 14.7 Å². The Morgan fingerprint density at radius 2 is 1.81 bits per heavy atom. The zero-order chi connectivity index (χ0) is 26.3. The number of piperidine rings is 1. The molecule has 0 spiro atoms. The number of pyridine rings is 1. The monoisotopic (exact) mass is 493 g/mol. The highest BCUT2D eigenvalue weighted by Gasteiger charge is 2.29. The fourth-order valence-corrected chi connectivity index (χ4v) is 4.38. The van der Waals surface area contributed by atoms with Crippen LogP contribution >= 0.6 is 0 Å². The molecule has 4 rings (SSSR count). The molecule has 0 bridgehead atoms. The fourth-order valence-electron chi connectivity index (χ4n) is 4.38. The predicted octanol–water partition coefficient (Wildman–Crippen LogP) is 4.79. The molecule has 9 nitrogen and oxygen atoms in total. The zero-order valence-corrected chi connectivity index (χ0v) is 21.8. The molecule has 3 aromatic rings. The average molecular weight is 494 g/mol. The van der Waals surface area contributed by atoms with Crippen LogP contribution in [0.5, 0.6) is 0 Å². The van der Waals surface area contributed by atoms with Gasteiger partial charge in [-0.3, -0.25) is 9.48 Å². The van der Waals surface area contributed by atoms with Gasteiger partial charge in [-0.25, -0.2) is 9.78 Å². The molecule has 1 saturated heterocycles. The number of anilines is 1. The number of aryl methyl sites for hydroxylation is 1. The van der Waals surface area contributed by atoms with Crippen LogP contribution in [0, 0.1) is 6.92 Å². The molecular formula is C27H35N5O4. The van der Waals surface area contributed by atoms with Crippen LogP contribution in [0.25, 0.3) is 10.9 Å². The third-order valence-electron chi connectivity index (χ3n) is 6.18. The Balaban J connectivity index is 1.56. The van der Waals surface area contributed by atoms with E-state index >= 15 is 0 Å². The summed E-state index contributed by atoms with van der Waals surface area (Å²) in [7, 11) is 0. The minimum absolute atomic E-state index is 0.135. The van der Waals surface area contributed by atoms with E-state index in [4.69, 9.17) is 9.84 Å². The van der Waals surface area contributed by atoms with Crippen molar-refractivity contribution in [3.05, 3.63) is 53.5 Å². The van der Waals surface area contributed by atoms with Crippen LogP contribution < -0.4 is 5.32 Å². The number of likely N-dealkylation sites (tertiary alicyclic amines) is 1. The van der Waals surface area contributed by atoms with E-state index in [1.165, 1.54) is 0 Å². The fraction of sp³-hybridized carbons (Fsp3) is 0.481. The van der Waals surface area contributed by atoms with E-state index in [0.29, 0.717) is 30.0 Å². The smallest absolute Gasteiger partial charge is 0.410 e. The number of fused-ring (bicyclic) bond motifs is 1. The molecule has 0 unspecified atom stereocenters. The van der Waals surface area contributed by atoms with Gasteiger partial charge in [0.2, 0.25) is 0 Å². The summed E-state index contributed by atoms with van der Waals surface area (Å²) in [6.07, 6.45) is 3.19. The zero-order valence-electron chi connectivity index (χ0n) is 21.8. The number of hydrogen-bond acceptors (Lipinski definition) is 6. The van der Waals surface area contributed by atoms with Crippen LogP contribution in [-0.2, 0) is 10.3 Å². The van der Waals surface area contributed by atoms with Crippen molar-refractivity contribution in [3.8, 4) is 0 Å². The lowest BCUT2D eigenvalue weighted by molar-refractivity contribution is 0.0185. The van der Waals surface area contributed by atoms with Gasteiger partial charge in [0, 0.05) is 41.6 Å². The molecule has 2 aromatic heterocycles. The number of carbonyl (C=O) groups is 2. The molecule has 1 aliphatic heterocycles. The summed E-state index contributed by atoms with van der Waals surface area (Å²) >= 11 is 0. The van der Waals surface area contributed by atoms with Crippen molar-refractivity contribution in [3.63, 3.8) is 0 Å². The molecule has 2 amide bonds. The number of nitrogens with zero attached hydrogens (tertiary/aromatic N) is 4. The normalized spacial score (nSPS) is 15.2. The lowest BCUT2D eigenvalue weighted by atomic mass is 9.95. The maximum atomic E-state index is 12.9. The summed E-state index contributed by atoms with van der Waals surface area (Å²) in [6.45, 7) is 12.0. The number of hydrogen-bond donors (Lipinski definition) is 2. The highest BCUT2D eigenvalue weighted by atomic mass is 16.6. The van der Waals surface area contributed by atoms with Crippen molar-refractivity contribution in [2.75, 3.05) is 18.4 Å². The second-order valence-electron chi connectivity index (χ2n) is 10.9. The Kier molecular flexibility index (Phi) is 6.79. The highest BCUT2D eigenvalue weighted by Crippen LogP contribution is 2.33. The number of rotatable bonds is 4. The van der Waals surface area contributed by atoms with E-state index in [2.05, 4.69) is 10.3 Å². The molecule has 0 radical (unpaired) electrons. The van der Waals surface area contributed by atoms with Gasteiger partial charge in [0.15, 0.2) is 0 Å². The Hall–Kier alpha value is -3.46. The maximum Gasteiger partial charge on any atom is 0.410 e. The van der Waals surface area contributed by atoms with Gasteiger partial charge in [0.05, 0.1) is 17.2 Å². The van der Waals surface area contributed by atoms with E-state index in [1.807, 2.05) is 56.8 Å². The van der Waals surface area contributed by atoms with Crippen molar-refractivity contribution < 1.29 is 19.4 Å². The van der Waals surface area contributed by atoms with Gasteiger partial charge in [-0.05, 0) is 78.6 Å². The van der Waals surface area contributed by atoms with Crippen LogP contribution in [-0.4, -0.2) is 55.5 Å². The van der Waals surface area contributed by atoms with Gasteiger partial charge in [0.25, 0.3) is 5.91 Å². The van der Waals surface area contributed by atoms with Crippen LogP contribution in [0.4, 0.5) is 10.5 Å². The van der Waals surface area contributed by atoms with Crippen LogP contribution in [0.1, 0.15) is 75.2 Å². The first-order valence-corrected chi connectivity index (χ1v) is 12.3. The third-order valence-corrected chi connectivity index (χ3v) is 6.18. The van der Waals surface area contributed by atoms with Gasteiger partial charge in [-0.1, -0.05) is 6.07 Å². The van der Waals surface area contributed by atoms with Crippen molar-refractivity contribution in [2.24, 2.45) is 0 Å². The average Bonchev–Trinajstić information content (AvgIpc) is 3.20. The number of carbonyl (C=O) groups excluding carboxylic acids is 2. The Morgan fingerprint density at radius 3 is 2.42 bits per heavy atom. The number of aromatic nitrogens is 3. The first-order valence-electron chi connectivity index (χ1n) is 12.3. The van der Waals surface area contributed by atoms with Crippen LogP contribution in [0.15, 0.2) is 36.5 Å². The van der Waals surface area contributed by atoms with Crippen LogP contribution in [0.3, 0.4) is 0 Å². The predicted molar refractivity (Wildman–Crippen MR) is 138 cm³/mol. The lowest BCUT2D eigenvalue weighted by Gasteiger charge is -2.33. The molecule has 1 aliphatic rings. The Morgan fingerprint density at radius 1 is 1.11 bits per heavy atom. The summed E-state index contributed by atoms with van der Waals surface area (Å²) in [5.74, 6) is -0.342. The summed E-state index contributed by atoms with van der Waals surface area (Å²) in [6, 6.07) is 9.08.